The van der Waals surface area contributed by atoms with Crippen LogP contribution in [0.2, 0.25) is 0 Å². The van der Waals surface area contributed by atoms with Crippen LogP contribution in [0.3, 0.4) is 0 Å². The van der Waals surface area contributed by atoms with E-state index in [1.54, 1.807) is 5.57 Å². The Kier molecular flexibility index (Phi) is 12.2. The minimum atomic E-state index is 0. The standard InChI is InChI=1S/C13H20.C6H12O.CH4/c1-5-6-9-12-11(2)8-7-10-13(12,3)4;1-3-6(2)4-5-7;/h5-6,9H,1,7-8,10H2,2-4H3;3,6-7H,1,4-5H2,2H3;1H4/b9-6+;;. The van der Waals surface area contributed by atoms with Gasteiger partial charge in [-0.1, -0.05) is 64.7 Å². The lowest BCUT2D eigenvalue weighted by molar-refractivity contribution is 0.274. The summed E-state index contributed by atoms with van der Waals surface area (Å²) in [4.78, 5) is 0. The molecule has 1 aliphatic rings. The van der Waals surface area contributed by atoms with Gasteiger partial charge in [-0.25, -0.2) is 0 Å². The molecule has 0 aromatic rings. The Morgan fingerprint density at radius 1 is 1.33 bits per heavy atom. The molecule has 0 saturated carbocycles. The van der Waals surface area contributed by atoms with Gasteiger partial charge in [-0.2, -0.15) is 0 Å². The number of hydrogen-bond acceptors (Lipinski definition) is 1. The predicted molar refractivity (Wildman–Crippen MR) is 97.5 cm³/mol. The van der Waals surface area contributed by atoms with Crippen molar-refractivity contribution < 1.29 is 5.11 Å². The van der Waals surface area contributed by atoms with E-state index in [2.05, 4.69) is 40.0 Å². The van der Waals surface area contributed by atoms with E-state index in [0.29, 0.717) is 11.3 Å². The first-order chi connectivity index (χ1) is 9.38. The molecular weight excluding hydrogens is 256 g/mol. The number of hydrogen-bond donors (Lipinski definition) is 1. The highest BCUT2D eigenvalue weighted by Crippen LogP contribution is 2.40. The summed E-state index contributed by atoms with van der Waals surface area (Å²) in [6.07, 6.45) is 12.7. The van der Waals surface area contributed by atoms with Crippen LogP contribution in [0.1, 0.15) is 60.8 Å². The van der Waals surface area contributed by atoms with E-state index in [9.17, 15) is 0 Å². The third kappa shape index (κ3) is 8.72. The number of rotatable bonds is 5. The van der Waals surface area contributed by atoms with Crippen LogP contribution in [-0.4, -0.2) is 11.7 Å². The number of aliphatic hydroxyl groups is 1. The van der Waals surface area contributed by atoms with Gasteiger partial charge in [-0.05, 0) is 49.5 Å². The lowest BCUT2D eigenvalue weighted by Gasteiger charge is -2.32. The fraction of sp³-hybridized carbons (Fsp3) is 0.600. The van der Waals surface area contributed by atoms with Crippen molar-refractivity contribution in [1.82, 2.24) is 0 Å². The Balaban J connectivity index is 0. The largest absolute Gasteiger partial charge is 0.396 e. The highest BCUT2D eigenvalue weighted by atomic mass is 16.3. The molecule has 1 unspecified atom stereocenters. The molecule has 0 aromatic heterocycles. The maximum atomic E-state index is 8.32. The second-order valence-corrected chi connectivity index (χ2v) is 6.25. The van der Waals surface area contributed by atoms with Crippen LogP contribution in [0.4, 0.5) is 0 Å². The van der Waals surface area contributed by atoms with Gasteiger partial charge in [0.1, 0.15) is 0 Å². The lowest BCUT2D eigenvalue weighted by Crippen LogP contribution is -2.18. The summed E-state index contributed by atoms with van der Waals surface area (Å²) in [7, 11) is 0. The molecule has 0 bridgehead atoms. The molecule has 0 aliphatic heterocycles. The van der Waals surface area contributed by atoms with E-state index in [4.69, 9.17) is 5.11 Å². The first kappa shape index (κ1) is 22.2. The van der Waals surface area contributed by atoms with Gasteiger partial charge in [0.25, 0.3) is 0 Å². The molecule has 0 radical (unpaired) electrons. The molecule has 0 fully saturated rings. The van der Waals surface area contributed by atoms with Gasteiger partial charge in [0, 0.05) is 6.61 Å². The molecule has 0 saturated heterocycles. The maximum absolute atomic E-state index is 8.32. The van der Waals surface area contributed by atoms with E-state index in [1.165, 1.54) is 24.8 Å². The van der Waals surface area contributed by atoms with Crippen LogP contribution in [0.25, 0.3) is 0 Å². The second kappa shape index (κ2) is 11.6. The summed E-state index contributed by atoms with van der Waals surface area (Å²) >= 11 is 0. The fourth-order valence-corrected chi connectivity index (χ4v) is 2.50. The van der Waals surface area contributed by atoms with Crippen LogP contribution in [-0.2, 0) is 0 Å². The second-order valence-electron chi connectivity index (χ2n) is 6.25. The smallest absolute Gasteiger partial charge is 0.0436 e. The zero-order valence-corrected chi connectivity index (χ0v) is 13.8. The molecule has 1 rings (SSSR count). The van der Waals surface area contributed by atoms with E-state index in [0.717, 1.165) is 6.42 Å². The highest BCUT2D eigenvalue weighted by Gasteiger charge is 2.26. The van der Waals surface area contributed by atoms with Gasteiger partial charge in [0.15, 0.2) is 0 Å². The summed E-state index contributed by atoms with van der Waals surface area (Å²) in [5.74, 6) is 0.463. The van der Waals surface area contributed by atoms with E-state index in [-0.39, 0.29) is 14.0 Å². The first-order valence-corrected chi connectivity index (χ1v) is 7.61. The van der Waals surface area contributed by atoms with Crippen molar-refractivity contribution in [2.24, 2.45) is 11.3 Å². The third-order valence-corrected chi connectivity index (χ3v) is 3.93. The van der Waals surface area contributed by atoms with Gasteiger partial charge in [0.05, 0.1) is 0 Å². The Morgan fingerprint density at radius 3 is 2.33 bits per heavy atom. The molecule has 1 aliphatic carbocycles. The van der Waals surface area contributed by atoms with Crippen molar-refractivity contribution in [3.05, 3.63) is 48.6 Å². The quantitative estimate of drug-likeness (QED) is 0.481. The predicted octanol–water partition coefficient (Wildman–Crippen LogP) is 6.08. The summed E-state index contributed by atoms with van der Waals surface area (Å²) in [6, 6.07) is 0. The first-order valence-electron chi connectivity index (χ1n) is 7.61. The Labute approximate surface area is 133 Å². The van der Waals surface area contributed by atoms with Crippen LogP contribution in [0.5, 0.6) is 0 Å². The summed E-state index contributed by atoms with van der Waals surface area (Å²) < 4.78 is 0. The minimum Gasteiger partial charge on any atom is -0.396 e. The highest BCUT2D eigenvalue weighted by molar-refractivity contribution is 5.33. The molecule has 1 nitrogen and oxygen atoms in total. The average Bonchev–Trinajstić information content (AvgIpc) is 2.38. The molecule has 1 atom stereocenters. The molecule has 0 amide bonds. The molecule has 0 spiro atoms. The minimum absolute atomic E-state index is 0. The van der Waals surface area contributed by atoms with Crippen LogP contribution < -0.4 is 0 Å². The number of allylic oxidation sites excluding steroid dienone is 6. The van der Waals surface area contributed by atoms with Gasteiger partial charge >= 0.3 is 0 Å². The average molecular weight is 293 g/mol. The Morgan fingerprint density at radius 2 is 1.95 bits per heavy atom. The fourth-order valence-electron chi connectivity index (χ4n) is 2.50. The molecule has 122 valence electrons. The van der Waals surface area contributed by atoms with Crippen molar-refractivity contribution in [1.29, 1.82) is 0 Å². The van der Waals surface area contributed by atoms with Crippen molar-refractivity contribution in [3.63, 3.8) is 0 Å². The summed E-state index contributed by atoms with van der Waals surface area (Å²) in [6.45, 7) is 16.5. The van der Waals surface area contributed by atoms with Gasteiger partial charge < -0.3 is 5.11 Å². The normalized spacial score (nSPS) is 18.3. The van der Waals surface area contributed by atoms with Crippen molar-refractivity contribution in [2.75, 3.05) is 6.61 Å². The molecule has 0 aromatic carbocycles. The monoisotopic (exact) mass is 292 g/mol. The van der Waals surface area contributed by atoms with Crippen molar-refractivity contribution in [2.45, 2.75) is 60.8 Å². The Bertz CT molecular complexity index is 358. The van der Waals surface area contributed by atoms with Gasteiger partial charge in [0.2, 0.25) is 0 Å². The number of aliphatic hydroxyl groups excluding tert-OH is 1. The zero-order chi connectivity index (χ0) is 15.6. The molecule has 1 N–H and O–H groups in total. The lowest BCUT2D eigenvalue weighted by atomic mass is 9.73. The SMILES string of the molecule is C.C=C/C=C/C1=C(C)CCCC1(C)C.C=CC(C)CCO. The van der Waals surface area contributed by atoms with Crippen molar-refractivity contribution >= 4 is 0 Å². The van der Waals surface area contributed by atoms with Crippen molar-refractivity contribution in [3.8, 4) is 0 Å². The molecule has 1 heteroatoms. The molecule has 21 heavy (non-hydrogen) atoms. The van der Waals surface area contributed by atoms with Gasteiger partial charge in [-0.15, -0.1) is 6.58 Å². The summed E-state index contributed by atoms with van der Waals surface area (Å²) in [5, 5.41) is 8.32. The van der Waals surface area contributed by atoms with E-state index < -0.39 is 0 Å². The maximum Gasteiger partial charge on any atom is 0.0436 e. The van der Waals surface area contributed by atoms with Crippen LogP contribution in [0.15, 0.2) is 48.6 Å². The van der Waals surface area contributed by atoms with Crippen LogP contribution in [0, 0.1) is 11.3 Å². The third-order valence-electron chi connectivity index (χ3n) is 3.93. The zero-order valence-electron chi connectivity index (χ0n) is 13.8. The van der Waals surface area contributed by atoms with Gasteiger partial charge in [-0.3, -0.25) is 0 Å². The van der Waals surface area contributed by atoms with E-state index >= 15 is 0 Å². The molecular formula is C20H36O. The van der Waals surface area contributed by atoms with Crippen LogP contribution >= 0.6 is 0 Å². The Hall–Kier alpha value is -1.08. The summed E-state index contributed by atoms with van der Waals surface area (Å²) in [5.41, 5.74) is 3.43. The van der Waals surface area contributed by atoms with E-state index in [1.807, 2.05) is 25.2 Å². The topological polar surface area (TPSA) is 20.2 Å². The molecule has 0 heterocycles.